The molecule has 0 bridgehead atoms. The number of allylic oxidation sites excluding steroid dienone is 2. The lowest BCUT2D eigenvalue weighted by molar-refractivity contribution is -0.111. The Labute approximate surface area is 81.2 Å². The highest BCUT2D eigenvalue weighted by molar-refractivity contribution is 5.52. The molecule has 0 radical (unpaired) electrons. The average Bonchev–Trinajstić information content (AvgIpc) is 2.52. The summed E-state index contributed by atoms with van der Waals surface area (Å²) in [6, 6.07) is 0. The van der Waals surface area contributed by atoms with E-state index in [0.29, 0.717) is 0 Å². The zero-order valence-corrected chi connectivity index (χ0v) is 8.97. The fourth-order valence-electron chi connectivity index (χ4n) is 2.17. The van der Waals surface area contributed by atoms with Crippen LogP contribution < -0.4 is 0 Å². The van der Waals surface area contributed by atoms with Gasteiger partial charge in [-0.25, -0.2) is 0 Å². The maximum absolute atomic E-state index is 10.5. The number of carbonyl (C=O) groups is 1. The largest absolute Gasteiger partial charge is 0.303 e. The molecular formula is C12H20O. The van der Waals surface area contributed by atoms with Crippen LogP contribution in [0.25, 0.3) is 0 Å². The van der Waals surface area contributed by atoms with Crippen molar-refractivity contribution in [3.8, 4) is 0 Å². The van der Waals surface area contributed by atoms with Crippen LogP contribution in [-0.2, 0) is 4.79 Å². The maximum Gasteiger partial charge on any atom is 0.122 e. The van der Waals surface area contributed by atoms with E-state index >= 15 is 0 Å². The number of rotatable bonds is 3. The van der Waals surface area contributed by atoms with Gasteiger partial charge in [0.25, 0.3) is 0 Å². The monoisotopic (exact) mass is 180 g/mol. The first kappa shape index (κ1) is 10.5. The fourth-order valence-corrected chi connectivity index (χ4v) is 2.17. The highest BCUT2D eigenvalue weighted by atomic mass is 16.1. The van der Waals surface area contributed by atoms with Crippen LogP contribution in [0.4, 0.5) is 0 Å². The molecule has 1 rings (SSSR count). The Morgan fingerprint density at radius 1 is 1.62 bits per heavy atom. The molecule has 1 saturated carbocycles. The molecule has 0 aromatic heterocycles. The van der Waals surface area contributed by atoms with E-state index in [-0.39, 0.29) is 5.92 Å². The summed E-state index contributed by atoms with van der Waals surface area (Å²) in [5.74, 6) is 1.02. The van der Waals surface area contributed by atoms with Gasteiger partial charge in [-0.1, -0.05) is 18.1 Å². The first-order valence-electron chi connectivity index (χ1n) is 5.24. The van der Waals surface area contributed by atoms with Gasteiger partial charge in [-0.2, -0.15) is 0 Å². The van der Waals surface area contributed by atoms with Gasteiger partial charge in [0.05, 0.1) is 0 Å². The summed E-state index contributed by atoms with van der Waals surface area (Å²) in [4.78, 5) is 10.5. The van der Waals surface area contributed by atoms with E-state index in [9.17, 15) is 4.79 Å². The SMILES string of the molecule is CC(C)=C1CCC(CC(C)C=O)C1. The van der Waals surface area contributed by atoms with Gasteiger partial charge in [-0.15, -0.1) is 0 Å². The molecule has 0 aromatic carbocycles. The molecule has 13 heavy (non-hydrogen) atoms. The molecule has 1 heteroatoms. The highest BCUT2D eigenvalue weighted by Gasteiger charge is 2.21. The predicted molar refractivity (Wildman–Crippen MR) is 55.6 cm³/mol. The zero-order valence-electron chi connectivity index (χ0n) is 8.97. The van der Waals surface area contributed by atoms with Crippen LogP contribution in [0.15, 0.2) is 11.1 Å². The summed E-state index contributed by atoms with van der Waals surface area (Å²) < 4.78 is 0. The van der Waals surface area contributed by atoms with Crippen molar-refractivity contribution in [2.45, 2.75) is 46.5 Å². The highest BCUT2D eigenvalue weighted by Crippen LogP contribution is 2.35. The van der Waals surface area contributed by atoms with Gasteiger partial charge in [0.2, 0.25) is 0 Å². The van der Waals surface area contributed by atoms with Crippen molar-refractivity contribution in [2.24, 2.45) is 11.8 Å². The van der Waals surface area contributed by atoms with E-state index in [1.54, 1.807) is 5.57 Å². The molecule has 1 aliphatic carbocycles. The lowest BCUT2D eigenvalue weighted by atomic mass is 9.95. The van der Waals surface area contributed by atoms with Crippen molar-refractivity contribution >= 4 is 6.29 Å². The van der Waals surface area contributed by atoms with E-state index in [4.69, 9.17) is 0 Å². The van der Waals surface area contributed by atoms with Crippen LogP contribution in [0.1, 0.15) is 46.5 Å². The Morgan fingerprint density at radius 3 is 2.77 bits per heavy atom. The minimum Gasteiger partial charge on any atom is -0.303 e. The Morgan fingerprint density at radius 2 is 2.31 bits per heavy atom. The summed E-state index contributed by atoms with van der Waals surface area (Å²) in [6.45, 7) is 6.41. The predicted octanol–water partition coefficient (Wildman–Crippen LogP) is 3.35. The third kappa shape index (κ3) is 2.98. The summed E-state index contributed by atoms with van der Waals surface area (Å²) >= 11 is 0. The van der Waals surface area contributed by atoms with Gasteiger partial charge >= 0.3 is 0 Å². The van der Waals surface area contributed by atoms with Crippen LogP contribution >= 0.6 is 0 Å². The molecule has 74 valence electrons. The van der Waals surface area contributed by atoms with Crippen molar-refractivity contribution < 1.29 is 4.79 Å². The van der Waals surface area contributed by atoms with Crippen molar-refractivity contribution in [3.05, 3.63) is 11.1 Å². The van der Waals surface area contributed by atoms with Crippen molar-refractivity contribution in [1.82, 2.24) is 0 Å². The molecule has 0 aromatic rings. The van der Waals surface area contributed by atoms with Crippen LogP contribution in [-0.4, -0.2) is 6.29 Å². The standard InChI is InChI=1S/C12H20O/c1-9(2)12-5-4-11(7-12)6-10(3)8-13/h8,10-11H,4-7H2,1-3H3. The second-order valence-electron chi connectivity index (χ2n) is 4.56. The van der Waals surface area contributed by atoms with Crippen LogP contribution in [0.2, 0.25) is 0 Å². The van der Waals surface area contributed by atoms with E-state index in [0.717, 1.165) is 18.6 Å². The van der Waals surface area contributed by atoms with E-state index in [1.807, 2.05) is 6.92 Å². The van der Waals surface area contributed by atoms with Crippen LogP contribution in [0.5, 0.6) is 0 Å². The smallest absolute Gasteiger partial charge is 0.122 e. The van der Waals surface area contributed by atoms with Crippen LogP contribution in [0, 0.1) is 11.8 Å². The molecule has 0 aliphatic heterocycles. The zero-order chi connectivity index (χ0) is 9.84. The molecule has 0 N–H and O–H groups in total. The first-order valence-corrected chi connectivity index (χ1v) is 5.24. The topological polar surface area (TPSA) is 17.1 Å². The van der Waals surface area contributed by atoms with Gasteiger partial charge in [-0.05, 0) is 45.4 Å². The lowest BCUT2D eigenvalue weighted by Crippen LogP contribution is -2.03. The molecule has 0 amide bonds. The van der Waals surface area contributed by atoms with Gasteiger partial charge < -0.3 is 4.79 Å². The van der Waals surface area contributed by atoms with Gasteiger partial charge in [0.1, 0.15) is 6.29 Å². The number of aldehydes is 1. The maximum atomic E-state index is 10.5. The first-order chi connectivity index (χ1) is 6.13. The molecule has 0 heterocycles. The van der Waals surface area contributed by atoms with Crippen molar-refractivity contribution in [3.63, 3.8) is 0 Å². The Bertz CT molecular complexity index is 211. The van der Waals surface area contributed by atoms with Crippen molar-refractivity contribution in [2.75, 3.05) is 0 Å². The lowest BCUT2D eigenvalue weighted by Gasteiger charge is -2.10. The molecule has 1 aliphatic rings. The average molecular weight is 180 g/mol. The second kappa shape index (κ2) is 4.59. The van der Waals surface area contributed by atoms with Gasteiger partial charge in [-0.3, -0.25) is 0 Å². The number of hydrogen-bond donors (Lipinski definition) is 0. The molecule has 1 nitrogen and oxygen atoms in total. The van der Waals surface area contributed by atoms with E-state index in [1.165, 1.54) is 24.8 Å². The van der Waals surface area contributed by atoms with E-state index in [2.05, 4.69) is 13.8 Å². The third-order valence-corrected chi connectivity index (χ3v) is 3.03. The summed E-state index contributed by atoms with van der Waals surface area (Å²) in [5, 5.41) is 0. The molecule has 2 atom stereocenters. The second-order valence-corrected chi connectivity index (χ2v) is 4.56. The molecule has 2 unspecified atom stereocenters. The minimum absolute atomic E-state index is 0.251. The van der Waals surface area contributed by atoms with E-state index < -0.39 is 0 Å². The van der Waals surface area contributed by atoms with Gasteiger partial charge in [0.15, 0.2) is 0 Å². The molecule has 0 saturated heterocycles. The normalized spacial score (nSPS) is 24.5. The minimum atomic E-state index is 0.251. The molecule has 0 spiro atoms. The number of hydrogen-bond acceptors (Lipinski definition) is 1. The number of carbonyl (C=O) groups excluding carboxylic acids is 1. The van der Waals surface area contributed by atoms with Crippen LogP contribution in [0.3, 0.4) is 0 Å². The summed E-state index contributed by atoms with van der Waals surface area (Å²) in [7, 11) is 0. The summed E-state index contributed by atoms with van der Waals surface area (Å²) in [5.41, 5.74) is 3.12. The molecular weight excluding hydrogens is 160 g/mol. The summed E-state index contributed by atoms with van der Waals surface area (Å²) in [6.07, 6.45) is 5.96. The Kier molecular flexibility index (Phi) is 3.71. The Hall–Kier alpha value is -0.590. The van der Waals surface area contributed by atoms with Gasteiger partial charge in [0, 0.05) is 5.92 Å². The molecule has 1 fully saturated rings. The van der Waals surface area contributed by atoms with Crippen molar-refractivity contribution in [1.29, 1.82) is 0 Å². The quantitative estimate of drug-likeness (QED) is 0.481. The Balaban J connectivity index is 2.42. The third-order valence-electron chi connectivity index (χ3n) is 3.03. The fraction of sp³-hybridized carbons (Fsp3) is 0.750.